The smallest absolute Gasteiger partial charge is 0.191 e. The second-order valence-electron chi connectivity index (χ2n) is 6.61. The Kier molecular flexibility index (Phi) is 5.96. The second kappa shape index (κ2) is 8.19. The van der Waals surface area contributed by atoms with E-state index in [0.717, 1.165) is 31.8 Å². The minimum atomic E-state index is -3.23. The predicted molar refractivity (Wildman–Crippen MR) is 98.5 cm³/mol. The van der Waals surface area contributed by atoms with Gasteiger partial charge in [-0.25, -0.2) is 8.42 Å². The average Bonchev–Trinajstić information content (AvgIpc) is 3.22. The van der Waals surface area contributed by atoms with E-state index in [0.29, 0.717) is 30.0 Å². The lowest BCUT2D eigenvalue weighted by atomic mass is 9.96. The predicted octanol–water partition coefficient (Wildman–Crippen LogP) is 1.73. The van der Waals surface area contributed by atoms with Gasteiger partial charge in [-0.05, 0) is 44.7 Å². The summed E-state index contributed by atoms with van der Waals surface area (Å²) >= 11 is 0. The highest BCUT2D eigenvalue weighted by molar-refractivity contribution is 7.91. The Hall–Kier alpha value is -1.60. The Balaban J connectivity index is 1.50. The van der Waals surface area contributed by atoms with E-state index in [1.54, 1.807) is 24.3 Å². The first kappa shape index (κ1) is 18.2. The van der Waals surface area contributed by atoms with Crippen LogP contribution in [-0.4, -0.2) is 51.5 Å². The van der Waals surface area contributed by atoms with E-state index >= 15 is 0 Å². The van der Waals surface area contributed by atoms with Crippen LogP contribution >= 0.6 is 0 Å². The van der Waals surface area contributed by atoms with Crippen LogP contribution in [0.15, 0.2) is 40.2 Å². The number of guanidine groups is 1. The Bertz CT molecular complexity index is 691. The summed E-state index contributed by atoms with van der Waals surface area (Å²) in [4.78, 5) is 4.91. The zero-order valence-corrected chi connectivity index (χ0v) is 15.5. The summed E-state index contributed by atoms with van der Waals surface area (Å²) in [5.74, 6) is 0.859. The second-order valence-corrected chi connectivity index (χ2v) is 8.72. The topological polar surface area (TPSA) is 79.8 Å². The molecule has 2 aliphatic rings. The van der Waals surface area contributed by atoms with Gasteiger partial charge >= 0.3 is 0 Å². The van der Waals surface area contributed by atoms with Gasteiger partial charge in [0.25, 0.3) is 0 Å². The van der Waals surface area contributed by atoms with Gasteiger partial charge in [0.05, 0.1) is 28.9 Å². The molecule has 2 fully saturated rings. The molecule has 2 N–H and O–H groups in total. The van der Waals surface area contributed by atoms with E-state index in [4.69, 9.17) is 4.74 Å². The number of rotatable bonds is 7. The maximum atomic E-state index is 12.3. The quantitative estimate of drug-likeness (QED) is 0.437. The normalized spacial score (nSPS) is 26.0. The summed E-state index contributed by atoms with van der Waals surface area (Å²) in [6.07, 6.45) is 4.47. The van der Waals surface area contributed by atoms with Gasteiger partial charge in [-0.2, -0.15) is 0 Å². The molecule has 2 saturated heterocycles. The van der Waals surface area contributed by atoms with E-state index < -0.39 is 9.84 Å². The van der Waals surface area contributed by atoms with Crippen molar-refractivity contribution in [2.45, 2.75) is 55.8 Å². The molecule has 0 aromatic heterocycles. The lowest BCUT2D eigenvalue weighted by Crippen LogP contribution is -2.47. The van der Waals surface area contributed by atoms with Gasteiger partial charge in [-0.15, -0.1) is 0 Å². The molecular formula is C18H27N3O3S. The summed E-state index contributed by atoms with van der Waals surface area (Å²) in [5, 5.41) is 6.67. The first-order valence-corrected chi connectivity index (χ1v) is 10.7. The highest BCUT2D eigenvalue weighted by atomic mass is 32.2. The minimum absolute atomic E-state index is 0.108. The third-order valence-corrected chi connectivity index (χ3v) is 6.53. The first-order valence-electron chi connectivity index (χ1n) is 9.06. The fourth-order valence-electron chi connectivity index (χ4n) is 3.48. The lowest BCUT2D eigenvalue weighted by Gasteiger charge is -2.22. The highest BCUT2D eigenvalue weighted by Gasteiger charge is 2.41. The molecule has 7 heteroatoms. The molecule has 1 aromatic rings. The van der Waals surface area contributed by atoms with Crippen molar-refractivity contribution in [3.8, 4) is 0 Å². The largest absolute Gasteiger partial charge is 0.373 e. The molecule has 0 aliphatic carbocycles. The summed E-state index contributed by atoms with van der Waals surface area (Å²) in [6, 6.07) is 8.89. The maximum Gasteiger partial charge on any atom is 0.191 e. The van der Waals surface area contributed by atoms with Gasteiger partial charge in [0.1, 0.15) is 0 Å². The molecule has 2 heterocycles. The molecule has 0 radical (unpaired) electrons. The highest BCUT2D eigenvalue weighted by Crippen LogP contribution is 2.34. The van der Waals surface area contributed by atoms with Crippen molar-refractivity contribution in [1.29, 1.82) is 0 Å². The summed E-state index contributed by atoms with van der Waals surface area (Å²) in [6.45, 7) is 3.27. The fourth-order valence-corrected chi connectivity index (χ4v) is 4.79. The number of hydrogen-bond donors (Lipinski definition) is 2. The first-order chi connectivity index (χ1) is 12.1. The van der Waals surface area contributed by atoms with E-state index in [2.05, 4.69) is 15.6 Å². The third-order valence-electron chi connectivity index (χ3n) is 4.72. The molecule has 2 aliphatic heterocycles. The monoisotopic (exact) mass is 365 g/mol. The summed E-state index contributed by atoms with van der Waals surface area (Å²) in [7, 11) is -3.23. The standard InChI is InChI=1S/C18H27N3O3S/c1-2-19-18(21-16-13-14-9-10-17(16)24-14)20-11-6-12-25(22,23)15-7-4-3-5-8-15/h3-5,7-8,14,16-17H,2,6,9-13H2,1H3,(H2,19,20,21). The summed E-state index contributed by atoms with van der Waals surface area (Å²) < 4.78 is 30.4. The van der Waals surface area contributed by atoms with Crippen molar-refractivity contribution >= 4 is 15.8 Å². The van der Waals surface area contributed by atoms with Crippen LogP contribution in [0.1, 0.15) is 32.6 Å². The number of hydrogen-bond acceptors (Lipinski definition) is 4. The van der Waals surface area contributed by atoms with Crippen LogP contribution < -0.4 is 10.6 Å². The van der Waals surface area contributed by atoms with E-state index in [9.17, 15) is 8.42 Å². The third kappa shape index (κ3) is 4.73. The van der Waals surface area contributed by atoms with Crippen molar-refractivity contribution < 1.29 is 13.2 Å². The minimum Gasteiger partial charge on any atom is -0.373 e. The average molecular weight is 365 g/mol. The molecule has 138 valence electrons. The number of sulfone groups is 1. The molecule has 0 amide bonds. The molecule has 0 saturated carbocycles. The van der Waals surface area contributed by atoms with Crippen LogP contribution in [0.3, 0.4) is 0 Å². The molecule has 1 aromatic carbocycles. The number of nitrogens with zero attached hydrogens (tertiary/aromatic N) is 1. The SMILES string of the molecule is CCNC(=NCCCS(=O)(=O)c1ccccc1)NC1CC2CCC1O2. The molecule has 2 bridgehead atoms. The zero-order valence-electron chi connectivity index (χ0n) is 14.6. The van der Waals surface area contributed by atoms with Gasteiger partial charge < -0.3 is 15.4 Å². The Morgan fingerprint density at radius 3 is 2.72 bits per heavy atom. The fraction of sp³-hybridized carbons (Fsp3) is 0.611. The number of ether oxygens (including phenoxy) is 1. The number of benzene rings is 1. The zero-order chi connectivity index (χ0) is 17.7. The van der Waals surface area contributed by atoms with E-state index in [-0.39, 0.29) is 11.9 Å². The van der Waals surface area contributed by atoms with Gasteiger partial charge in [0, 0.05) is 13.1 Å². The summed E-state index contributed by atoms with van der Waals surface area (Å²) in [5.41, 5.74) is 0. The van der Waals surface area contributed by atoms with Gasteiger partial charge in [-0.3, -0.25) is 4.99 Å². The number of fused-ring (bicyclic) bond motifs is 2. The van der Waals surface area contributed by atoms with Crippen molar-refractivity contribution in [1.82, 2.24) is 10.6 Å². The van der Waals surface area contributed by atoms with Crippen molar-refractivity contribution in [3.63, 3.8) is 0 Å². The van der Waals surface area contributed by atoms with Gasteiger partial charge in [0.2, 0.25) is 0 Å². The van der Waals surface area contributed by atoms with Crippen LogP contribution in [0, 0.1) is 0 Å². The molecule has 25 heavy (non-hydrogen) atoms. The van der Waals surface area contributed by atoms with Crippen LogP contribution in [0.2, 0.25) is 0 Å². The molecule has 3 atom stereocenters. The molecule has 3 rings (SSSR count). The van der Waals surface area contributed by atoms with Gasteiger partial charge in [0.15, 0.2) is 15.8 Å². The lowest BCUT2D eigenvalue weighted by molar-refractivity contribution is 0.0992. The molecule has 6 nitrogen and oxygen atoms in total. The van der Waals surface area contributed by atoms with Crippen molar-refractivity contribution in [2.75, 3.05) is 18.8 Å². The Morgan fingerprint density at radius 2 is 2.08 bits per heavy atom. The van der Waals surface area contributed by atoms with E-state index in [1.807, 2.05) is 13.0 Å². The van der Waals surface area contributed by atoms with Gasteiger partial charge in [-0.1, -0.05) is 18.2 Å². The number of aliphatic imine (C=N–C) groups is 1. The number of nitrogens with one attached hydrogen (secondary N) is 2. The van der Waals surface area contributed by atoms with E-state index in [1.165, 1.54) is 0 Å². The molecular weight excluding hydrogens is 338 g/mol. The van der Waals surface area contributed by atoms with Crippen molar-refractivity contribution in [3.05, 3.63) is 30.3 Å². The van der Waals surface area contributed by atoms with Crippen LogP contribution in [0.4, 0.5) is 0 Å². The van der Waals surface area contributed by atoms with Crippen LogP contribution in [0.25, 0.3) is 0 Å². The Morgan fingerprint density at radius 1 is 1.28 bits per heavy atom. The van der Waals surface area contributed by atoms with Crippen LogP contribution in [-0.2, 0) is 14.6 Å². The van der Waals surface area contributed by atoms with Crippen LogP contribution in [0.5, 0.6) is 0 Å². The Labute approximate surface area is 150 Å². The molecule has 3 unspecified atom stereocenters. The molecule has 0 spiro atoms. The maximum absolute atomic E-state index is 12.3. The van der Waals surface area contributed by atoms with Crippen molar-refractivity contribution in [2.24, 2.45) is 4.99 Å².